The predicted octanol–water partition coefficient (Wildman–Crippen LogP) is 4.07. The van der Waals surface area contributed by atoms with Crippen molar-refractivity contribution in [3.8, 4) is 5.75 Å². The lowest BCUT2D eigenvalue weighted by atomic mass is 10.00. The molecule has 0 bridgehead atoms. The van der Waals surface area contributed by atoms with E-state index in [1.54, 1.807) is 7.11 Å². The van der Waals surface area contributed by atoms with Crippen molar-refractivity contribution in [3.63, 3.8) is 0 Å². The molecule has 0 heterocycles. The van der Waals surface area contributed by atoms with E-state index < -0.39 is 0 Å². The molecule has 0 amide bonds. The first-order valence-electron chi connectivity index (χ1n) is 6.98. The summed E-state index contributed by atoms with van der Waals surface area (Å²) in [6, 6.07) is 15.6. The van der Waals surface area contributed by atoms with E-state index in [9.17, 15) is 4.79 Å². The first-order chi connectivity index (χ1) is 9.72. The lowest BCUT2D eigenvalue weighted by molar-refractivity contribution is 0.0993. The van der Waals surface area contributed by atoms with Crippen molar-refractivity contribution in [2.45, 2.75) is 26.2 Å². The zero-order valence-corrected chi connectivity index (χ0v) is 12.1. The van der Waals surface area contributed by atoms with Crippen LogP contribution in [-0.4, -0.2) is 12.9 Å². The minimum atomic E-state index is 0.160. The number of carbonyl (C=O) groups is 1. The predicted molar refractivity (Wildman–Crippen MR) is 81.5 cm³/mol. The molecule has 0 fully saturated rings. The number of Topliss-reactive ketones (excluding diaryl/α,β-unsaturated/α-hetero) is 1. The van der Waals surface area contributed by atoms with E-state index in [2.05, 4.69) is 13.0 Å². The van der Waals surface area contributed by atoms with E-state index in [4.69, 9.17) is 4.74 Å². The summed E-state index contributed by atoms with van der Waals surface area (Å²) in [7, 11) is 1.64. The standard InChI is InChI=1S/C18H20O2/c1-3-5-14-6-4-7-16(12-14)18(19)13-15-8-10-17(20-2)11-9-15/h4,6-12H,3,5,13H2,1-2H3. The van der Waals surface area contributed by atoms with Gasteiger partial charge in [-0.15, -0.1) is 0 Å². The largest absolute Gasteiger partial charge is 0.497 e. The fourth-order valence-electron chi connectivity index (χ4n) is 2.22. The van der Waals surface area contributed by atoms with Crippen molar-refractivity contribution < 1.29 is 9.53 Å². The quantitative estimate of drug-likeness (QED) is 0.738. The molecular formula is C18H20O2. The number of ether oxygens (including phenoxy) is 1. The van der Waals surface area contributed by atoms with Crippen LogP contribution in [0, 0.1) is 0 Å². The average molecular weight is 268 g/mol. The van der Waals surface area contributed by atoms with Crippen LogP contribution in [-0.2, 0) is 12.8 Å². The fourth-order valence-corrected chi connectivity index (χ4v) is 2.22. The Morgan fingerprint density at radius 3 is 2.45 bits per heavy atom. The van der Waals surface area contributed by atoms with Gasteiger partial charge in [0, 0.05) is 12.0 Å². The minimum Gasteiger partial charge on any atom is -0.497 e. The Labute approximate surface area is 120 Å². The number of aryl methyl sites for hydroxylation is 1. The van der Waals surface area contributed by atoms with Gasteiger partial charge in [0.15, 0.2) is 5.78 Å². The normalized spacial score (nSPS) is 10.3. The van der Waals surface area contributed by atoms with Crippen LogP contribution in [0.5, 0.6) is 5.75 Å². The van der Waals surface area contributed by atoms with Gasteiger partial charge in [0.1, 0.15) is 5.75 Å². The lowest BCUT2D eigenvalue weighted by Gasteiger charge is -2.05. The highest BCUT2D eigenvalue weighted by Crippen LogP contribution is 2.15. The summed E-state index contributed by atoms with van der Waals surface area (Å²) >= 11 is 0. The molecule has 2 aromatic carbocycles. The van der Waals surface area contributed by atoms with E-state index >= 15 is 0 Å². The highest BCUT2D eigenvalue weighted by atomic mass is 16.5. The summed E-state index contributed by atoms with van der Waals surface area (Å²) in [5.41, 5.74) is 3.04. The van der Waals surface area contributed by atoms with Gasteiger partial charge in [0.25, 0.3) is 0 Å². The Morgan fingerprint density at radius 2 is 1.80 bits per heavy atom. The van der Waals surface area contributed by atoms with Crippen LogP contribution in [0.3, 0.4) is 0 Å². The highest BCUT2D eigenvalue weighted by Gasteiger charge is 2.07. The van der Waals surface area contributed by atoms with Gasteiger partial charge in [0.05, 0.1) is 7.11 Å². The lowest BCUT2D eigenvalue weighted by Crippen LogP contribution is -2.04. The molecule has 20 heavy (non-hydrogen) atoms. The Kier molecular flexibility index (Phi) is 4.94. The summed E-state index contributed by atoms with van der Waals surface area (Å²) in [5, 5.41) is 0. The van der Waals surface area contributed by atoms with E-state index in [0.29, 0.717) is 6.42 Å². The second-order valence-electron chi connectivity index (χ2n) is 4.90. The molecule has 2 heteroatoms. The third-order valence-electron chi connectivity index (χ3n) is 3.31. The summed E-state index contributed by atoms with van der Waals surface area (Å²) in [4.78, 5) is 12.3. The molecule has 0 unspecified atom stereocenters. The zero-order chi connectivity index (χ0) is 14.4. The van der Waals surface area contributed by atoms with Crippen LogP contribution >= 0.6 is 0 Å². The van der Waals surface area contributed by atoms with Crippen LogP contribution in [0.1, 0.15) is 34.8 Å². The van der Waals surface area contributed by atoms with Crippen LogP contribution in [0.25, 0.3) is 0 Å². The fraction of sp³-hybridized carbons (Fsp3) is 0.278. The number of carbonyl (C=O) groups excluding carboxylic acids is 1. The zero-order valence-electron chi connectivity index (χ0n) is 12.1. The van der Waals surface area contributed by atoms with Crippen LogP contribution in [0.15, 0.2) is 48.5 Å². The molecule has 0 spiro atoms. The van der Waals surface area contributed by atoms with Crippen molar-refractivity contribution in [2.24, 2.45) is 0 Å². The Hall–Kier alpha value is -2.09. The number of methoxy groups -OCH3 is 1. The highest BCUT2D eigenvalue weighted by molar-refractivity contribution is 5.97. The van der Waals surface area contributed by atoms with Gasteiger partial charge in [-0.05, 0) is 35.7 Å². The molecule has 2 rings (SSSR count). The van der Waals surface area contributed by atoms with Crippen LogP contribution < -0.4 is 4.74 Å². The SMILES string of the molecule is CCCc1cccc(C(=O)Cc2ccc(OC)cc2)c1. The topological polar surface area (TPSA) is 26.3 Å². The van der Waals surface area contributed by atoms with E-state index in [1.165, 1.54) is 5.56 Å². The number of rotatable bonds is 6. The van der Waals surface area contributed by atoms with E-state index in [-0.39, 0.29) is 5.78 Å². The van der Waals surface area contributed by atoms with Gasteiger partial charge >= 0.3 is 0 Å². The molecule has 0 radical (unpaired) electrons. The molecule has 0 aliphatic carbocycles. The molecule has 0 saturated heterocycles. The van der Waals surface area contributed by atoms with Gasteiger partial charge in [0.2, 0.25) is 0 Å². The van der Waals surface area contributed by atoms with Crippen LogP contribution in [0.2, 0.25) is 0 Å². The van der Waals surface area contributed by atoms with Crippen molar-refractivity contribution in [2.75, 3.05) is 7.11 Å². The van der Waals surface area contributed by atoms with Gasteiger partial charge in [-0.1, -0.05) is 43.7 Å². The second-order valence-corrected chi connectivity index (χ2v) is 4.90. The Morgan fingerprint density at radius 1 is 1.05 bits per heavy atom. The Balaban J connectivity index is 2.08. The van der Waals surface area contributed by atoms with E-state index in [0.717, 1.165) is 29.7 Å². The third kappa shape index (κ3) is 3.70. The molecule has 0 aliphatic rings. The molecule has 0 aliphatic heterocycles. The van der Waals surface area contributed by atoms with Gasteiger partial charge in [-0.3, -0.25) is 4.79 Å². The molecule has 0 aromatic heterocycles. The molecule has 0 saturated carbocycles. The maximum atomic E-state index is 12.3. The monoisotopic (exact) mass is 268 g/mol. The van der Waals surface area contributed by atoms with E-state index in [1.807, 2.05) is 42.5 Å². The minimum absolute atomic E-state index is 0.160. The molecule has 2 nitrogen and oxygen atoms in total. The van der Waals surface area contributed by atoms with Gasteiger partial charge < -0.3 is 4.74 Å². The molecule has 0 atom stereocenters. The molecule has 2 aromatic rings. The summed E-state index contributed by atoms with van der Waals surface area (Å²) in [5.74, 6) is 0.972. The smallest absolute Gasteiger partial charge is 0.167 e. The van der Waals surface area contributed by atoms with Crippen molar-refractivity contribution in [1.29, 1.82) is 0 Å². The summed E-state index contributed by atoms with van der Waals surface area (Å²) in [6.07, 6.45) is 2.54. The first kappa shape index (κ1) is 14.3. The Bertz CT molecular complexity index is 570. The number of benzene rings is 2. The van der Waals surface area contributed by atoms with Crippen molar-refractivity contribution in [1.82, 2.24) is 0 Å². The summed E-state index contributed by atoms with van der Waals surface area (Å²) < 4.78 is 5.12. The average Bonchev–Trinajstić information content (AvgIpc) is 2.48. The maximum Gasteiger partial charge on any atom is 0.167 e. The molecule has 0 N–H and O–H groups in total. The number of hydrogen-bond acceptors (Lipinski definition) is 2. The number of ketones is 1. The number of hydrogen-bond donors (Lipinski definition) is 0. The van der Waals surface area contributed by atoms with Gasteiger partial charge in [-0.25, -0.2) is 0 Å². The van der Waals surface area contributed by atoms with Crippen molar-refractivity contribution >= 4 is 5.78 Å². The molecule has 104 valence electrons. The first-order valence-corrected chi connectivity index (χ1v) is 6.98. The van der Waals surface area contributed by atoms with Crippen LogP contribution in [0.4, 0.5) is 0 Å². The van der Waals surface area contributed by atoms with Crippen molar-refractivity contribution in [3.05, 3.63) is 65.2 Å². The maximum absolute atomic E-state index is 12.3. The molecular weight excluding hydrogens is 248 g/mol. The third-order valence-corrected chi connectivity index (χ3v) is 3.31. The summed E-state index contributed by atoms with van der Waals surface area (Å²) in [6.45, 7) is 2.14. The van der Waals surface area contributed by atoms with Gasteiger partial charge in [-0.2, -0.15) is 0 Å². The second kappa shape index (κ2) is 6.90.